The fraction of sp³-hybridized carbons (Fsp3) is 0.458. The first-order chi connectivity index (χ1) is 15.2. The van der Waals surface area contributed by atoms with Crippen LogP contribution in [0.2, 0.25) is 0 Å². The van der Waals surface area contributed by atoms with E-state index in [1.165, 1.54) is 12.1 Å². The van der Waals surface area contributed by atoms with E-state index in [2.05, 4.69) is 15.4 Å². The summed E-state index contributed by atoms with van der Waals surface area (Å²) in [6.45, 7) is 4.05. The third kappa shape index (κ3) is 4.44. The quantitative estimate of drug-likeness (QED) is 0.632. The topological polar surface area (TPSA) is 70.8 Å². The van der Waals surface area contributed by atoms with Crippen molar-refractivity contribution in [2.75, 3.05) is 26.2 Å². The molecule has 2 saturated heterocycles. The maximum absolute atomic E-state index is 13.9. The Morgan fingerprint density at radius 2 is 2.19 bits per heavy atom. The highest BCUT2D eigenvalue weighted by Gasteiger charge is 2.35. The zero-order chi connectivity index (χ0) is 21.2. The Balaban J connectivity index is 1.42. The number of nitrogens with one attached hydrogen (secondary N) is 1. The number of aliphatic hydroxyl groups excluding tert-OH is 1. The molecule has 2 fully saturated rings. The minimum atomic E-state index is -0.300. The lowest BCUT2D eigenvalue weighted by Gasteiger charge is -2.44. The smallest absolute Gasteiger partial charge is 0.167 e. The average Bonchev–Trinajstić information content (AvgIpc) is 3.20. The number of nitrogens with zero attached hydrogens (tertiary/aromatic N) is 2. The Morgan fingerprint density at radius 3 is 3.10 bits per heavy atom. The van der Waals surface area contributed by atoms with Gasteiger partial charge in [-0.25, -0.2) is 4.39 Å². The molecule has 2 aliphatic rings. The number of halogens is 1. The van der Waals surface area contributed by atoms with Crippen molar-refractivity contribution in [2.45, 2.75) is 38.0 Å². The summed E-state index contributed by atoms with van der Waals surface area (Å²) in [6, 6.07) is 12.6. The molecule has 0 saturated carbocycles. The van der Waals surface area contributed by atoms with Crippen LogP contribution < -0.4 is 10.1 Å². The number of hydrogen-bond donors (Lipinski definition) is 2. The van der Waals surface area contributed by atoms with Crippen molar-refractivity contribution in [3.8, 4) is 5.75 Å². The summed E-state index contributed by atoms with van der Waals surface area (Å²) < 4.78 is 25.8. The first kappa shape index (κ1) is 20.4. The van der Waals surface area contributed by atoms with Gasteiger partial charge < -0.3 is 19.7 Å². The van der Waals surface area contributed by atoms with Crippen LogP contribution in [0.5, 0.6) is 5.75 Å². The van der Waals surface area contributed by atoms with E-state index in [1.807, 2.05) is 24.3 Å². The minimum absolute atomic E-state index is 0.0268. The molecule has 31 heavy (non-hydrogen) atoms. The van der Waals surface area contributed by atoms with Gasteiger partial charge in [0.1, 0.15) is 17.7 Å². The van der Waals surface area contributed by atoms with Crippen LogP contribution in [0.4, 0.5) is 4.39 Å². The van der Waals surface area contributed by atoms with Gasteiger partial charge in [0.25, 0.3) is 0 Å². The number of benzene rings is 2. The van der Waals surface area contributed by atoms with E-state index >= 15 is 0 Å². The highest BCUT2D eigenvalue weighted by atomic mass is 19.1. The summed E-state index contributed by atoms with van der Waals surface area (Å²) in [6.07, 6.45) is 2.61. The van der Waals surface area contributed by atoms with Crippen LogP contribution in [0.1, 0.15) is 24.1 Å². The van der Waals surface area contributed by atoms with Gasteiger partial charge in [0.15, 0.2) is 5.58 Å². The predicted octanol–water partition coefficient (Wildman–Crippen LogP) is 3.13. The van der Waals surface area contributed by atoms with E-state index in [1.54, 1.807) is 6.07 Å². The van der Waals surface area contributed by atoms with Crippen LogP contribution in [-0.2, 0) is 13.0 Å². The molecule has 164 valence electrons. The standard InChI is InChI=1S/C24H28FN3O3/c25-18-5-7-23-21(11-18)22(27-31-23)12-24(30-20-3-1-2-16(10-20)15-29)17-4-6-19-13-26-8-9-28(19)14-17/h1-3,5,7,10-11,17,19,24,26,29H,4,6,8-9,12-15H2/t17-,19+,24?/m1/s1. The first-order valence-corrected chi connectivity index (χ1v) is 11.0. The van der Waals surface area contributed by atoms with Crippen molar-refractivity contribution in [1.82, 2.24) is 15.4 Å². The molecule has 0 spiro atoms. The molecule has 2 N–H and O–H groups in total. The molecule has 6 nitrogen and oxygen atoms in total. The van der Waals surface area contributed by atoms with Crippen molar-refractivity contribution in [3.63, 3.8) is 0 Å². The van der Waals surface area contributed by atoms with Crippen LogP contribution in [0.3, 0.4) is 0 Å². The molecule has 0 bridgehead atoms. The molecule has 1 unspecified atom stereocenters. The molecule has 0 amide bonds. The maximum Gasteiger partial charge on any atom is 0.167 e. The molecule has 2 aromatic carbocycles. The Bertz CT molecular complexity index is 1040. The van der Waals surface area contributed by atoms with Gasteiger partial charge in [0.05, 0.1) is 12.3 Å². The van der Waals surface area contributed by atoms with Crippen LogP contribution in [0.15, 0.2) is 47.0 Å². The summed E-state index contributed by atoms with van der Waals surface area (Å²) in [5.41, 5.74) is 2.12. The summed E-state index contributed by atoms with van der Waals surface area (Å²) >= 11 is 0. The van der Waals surface area contributed by atoms with E-state index < -0.39 is 0 Å². The number of fused-ring (bicyclic) bond motifs is 2. The second kappa shape index (κ2) is 8.94. The van der Waals surface area contributed by atoms with Crippen molar-refractivity contribution in [1.29, 1.82) is 0 Å². The van der Waals surface area contributed by atoms with Gasteiger partial charge in [0.2, 0.25) is 0 Å². The van der Waals surface area contributed by atoms with E-state index in [0.29, 0.717) is 29.3 Å². The lowest BCUT2D eigenvalue weighted by Crippen LogP contribution is -2.56. The van der Waals surface area contributed by atoms with Gasteiger partial charge in [0, 0.05) is 49.9 Å². The molecule has 2 aliphatic heterocycles. The van der Waals surface area contributed by atoms with E-state index in [9.17, 15) is 9.50 Å². The fourth-order valence-electron chi connectivity index (χ4n) is 4.93. The minimum Gasteiger partial charge on any atom is -0.490 e. The number of aromatic nitrogens is 1. The van der Waals surface area contributed by atoms with Crippen LogP contribution in [0, 0.1) is 11.7 Å². The summed E-state index contributed by atoms with van der Waals surface area (Å²) in [4.78, 5) is 2.56. The maximum atomic E-state index is 13.9. The van der Waals surface area contributed by atoms with Crippen molar-refractivity contribution < 1.29 is 18.8 Å². The third-order valence-corrected chi connectivity index (χ3v) is 6.61. The van der Waals surface area contributed by atoms with Crippen LogP contribution >= 0.6 is 0 Å². The number of piperidine rings is 1. The molecule has 3 aromatic rings. The normalized spacial score (nSPS) is 22.9. The summed E-state index contributed by atoms with van der Waals surface area (Å²) in [5.74, 6) is 0.761. The number of aliphatic hydroxyl groups is 1. The molecule has 3 atom stereocenters. The largest absolute Gasteiger partial charge is 0.490 e. The van der Waals surface area contributed by atoms with Crippen LogP contribution in [0.25, 0.3) is 11.0 Å². The van der Waals surface area contributed by atoms with E-state index in [4.69, 9.17) is 9.26 Å². The van der Waals surface area contributed by atoms with E-state index in [0.717, 1.165) is 56.0 Å². The first-order valence-electron chi connectivity index (χ1n) is 11.0. The second-order valence-electron chi connectivity index (χ2n) is 8.63. The molecule has 1 aromatic heterocycles. The second-order valence-corrected chi connectivity index (χ2v) is 8.63. The Labute approximate surface area is 181 Å². The summed E-state index contributed by atoms with van der Waals surface area (Å²) in [5, 5.41) is 17.9. The van der Waals surface area contributed by atoms with Crippen molar-refractivity contribution >= 4 is 11.0 Å². The van der Waals surface area contributed by atoms with Gasteiger partial charge >= 0.3 is 0 Å². The lowest BCUT2D eigenvalue weighted by molar-refractivity contribution is 0.0275. The van der Waals surface area contributed by atoms with Gasteiger partial charge in [-0.15, -0.1) is 0 Å². The molecule has 7 heteroatoms. The molecule has 5 rings (SSSR count). The Hall–Kier alpha value is -2.48. The number of piperazine rings is 1. The highest BCUT2D eigenvalue weighted by molar-refractivity contribution is 5.79. The van der Waals surface area contributed by atoms with Crippen LogP contribution in [-0.4, -0.2) is 53.5 Å². The molecule has 3 heterocycles. The molecule has 0 radical (unpaired) electrons. The fourth-order valence-corrected chi connectivity index (χ4v) is 4.93. The lowest BCUT2D eigenvalue weighted by atomic mass is 9.85. The Morgan fingerprint density at radius 1 is 1.26 bits per heavy atom. The predicted molar refractivity (Wildman–Crippen MR) is 115 cm³/mol. The zero-order valence-corrected chi connectivity index (χ0v) is 17.5. The van der Waals surface area contributed by atoms with Gasteiger partial charge in [-0.2, -0.15) is 0 Å². The van der Waals surface area contributed by atoms with Gasteiger partial charge in [-0.1, -0.05) is 17.3 Å². The van der Waals surface area contributed by atoms with Gasteiger partial charge in [-0.3, -0.25) is 4.90 Å². The zero-order valence-electron chi connectivity index (χ0n) is 17.5. The highest BCUT2D eigenvalue weighted by Crippen LogP contribution is 2.31. The number of rotatable bonds is 6. The number of ether oxygens (including phenoxy) is 1. The van der Waals surface area contributed by atoms with E-state index in [-0.39, 0.29) is 18.5 Å². The molecule has 0 aliphatic carbocycles. The third-order valence-electron chi connectivity index (χ3n) is 6.61. The SMILES string of the molecule is OCc1cccc(OC(Cc2noc3ccc(F)cc23)[C@@H]2CC[C@H]3CNCCN3C2)c1. The molecular weight excluding hydrogens is 397 g/mol. The van der Waals surface area contributed by atoms with Crippen molar-refractivity contribution in [3.05, 3.63) is 59.5 Å². The Kier molecular flexibility index (Phi) is 5.89. The summed E-state index contributed by atoms with van der Waals surface area (Å²) in [7, 11) is 0. The number of hydrogen-bond acceptors (Lipinski definition) is 6. The van der Waals surface area contributed by atoms with Crippen molar-refractivity contribution in [2.24, 2.45) is 5.92 Å². The monoisotopic (exact) mass is 425 g/mol. The van der Waals surface area contributed by atoms with Gasteiger partial charge in [-0.05, 0) is 48.7 Å². The molecular formula is C24H28FN3O3. The average molecular weight is 426 g/mol.